The molecule has 0 radical (unpaired) electrons. The number of carbonyl (C=O) groups is 1. The zero-order chi connectivity index (χ0) is 14.7. The first-order valence-electron chi connectivity index (χ1n) is 6.89. The summed E-state index contributed by atoms with van der Waals surface area (Å²) in [7, 11) is 0. The van der Waals surface area contributed by atoms with E-state index in [1.807, 2.05) is 36.7 Å². The Morgan fingerprint density at radius 3 is 2.60 bits per heavy atom. The maximum absolute atomic E-state index is 12.4. The van der Waals surface area contributed by atoms with Crippen molar-refractivity contribution < 1.29 is 4.79 Å². The van der Waals surface area contributed by atoms with Crippen molar-refractivity contribution in [1.29, 1.82) is 0 Å². The average molecular weight is 291 g/mol. The first-order chi connectivity index (χ1) is 9.53. The van der Waals surface area contributed by atoms with Gasteiger partial charge in [0.1, 0.15) is 0 Å². The highest BCUT2D eigenvalue weighted by Crippen LogP contribution is 2.17. The fourth-order valence-corrected chi connectivity index (χ4v) is 2.56. The summed E-state index contributed by atoms with van der Waals surface area (Å²) in [6.07, 6.45) is 1.24. The Hall–Kier alpha value is -1.61. The minimum Gasteiger partial charge on any atom is -0.294 e. The molecule has 2 aromatic rings. The van der Waals surface area contributed by atoms with Crippen LogP contribution in [0.25, 0.3) is 0 Å². The van der Waals surface area contributed by atoms with Crippen molar-refractivity contribution in [3.8, 4) is 0 Å². The van der Waals surface area contributed by atoms with Crippen LogP contribution in [0.1, 0.15) is 41.2 Å². The van der Waals surface area contributed by atoms with Crippen molar-refractivity contribution in [2.75, 3.05) is 0 Å². The van der Waals surface area contributed by atoms with E-state index in [9.17, 15) is 4.79 Å². The fraction of sp³-hybridized carbons (Fsp3) is 0.375. The average Bonchev–Trinajstić information content (AvgIpc) is 2.79. The van der Waals surface area contributed by atoms with Crippen LogP contribution in [0, 0.1) is 6.92 Å². The number of aromatic nitrogens is 2. The van der Waals surface area contributed by atoms with E-state index < -0.39 is 0 Å². The van der Waals surface area contributed by atoms with Crippen LogP contribution in [0.3, 0.4) is 0 Å². The van der Waals surface area contributed by atoms with Gasteiger partial charge in [0.25, 0.3) is 0 Å². The fourth-order valence-electron chi connectivity index (χ4n) is 2.27. The smallest absolute Gasteiger partial charge is 0.168 e. The van der Waals surface area contributed by atoms with Gasteiger partial charge in [0.2, 0.25) is 0 Å². The van der Waals surface area contributed by atoms with Gasteiger partial charge in [-0.1, -0.05) is 18.5 Å². The first-order valence-corrected chi connectivity index (χ1v) is 7.27. The van der Waals surface area contributed by atoms with Crippen LogP contribution in [-0.4, -0.2) is 15.6 Å². The van der Waals surface area contributed by atoms with Gasteiger partial charge in [-0.15, -0.1) is 0 Å². The molecular weight excluding hydrogens is 272 g/mol. The summed E-state index contributed by atoms with van der Waals surface area (Å²) in [6, 6.07) is 7.47. The van der Waals surface area contributed by atoms with E-state index in [4.69, 9.17) is 11.6 Å². The van der Waals surface area contributed by atoms with Crippen molar-refractivity contribution in [2.24, 2.45) is 0 Å². The summed E-state index contributed by atoms with van der Waals surface area (Å²) in [6.45, 7) is 6.81. The molecule has 0 atom stereocenters. The van der Waals surface area contributed by atoms with Crippen molar-refractivity contribution in [2.45, 2.75) is 40.2 Å². The van der Waals surface area contributed by atoms with E-state index in [1.54, 1.807) is 6.07 Å². The third kappa shape index (κ3) is 3.28. The zero-order valence-electron chi connectivity index (χ0n) is 12.1. The van der Waals surface area contributed by atoms with Crippen molar-refractivity contribution in [3.05, 3.63) is 51.8 Å². The lowest BCUT2D eigenvalue weighted by molar-refractivity contribution is 0.0990. The number of benzene rings is 1. The molecule has 0 aliphatic carbocycles. The molecule has 106 valence electrons. The normalized spacial score (nSPS) is 10.8. The molecule has 0 bridgehead atoms. The van der Waals surface area contributed by atoms with Gasteiger partial charge in [0, 0.05) is 22.8 Å². The molecule has 1 aromatic carbocycles. The summed E-state index contributed by atoms with van der Waals surface area (Å²) in [5, 5.41) is 5.07. The molecule has 20 heavy (non-hydrogen) atoms. The maximum Gasteiger partial charge on any atom is 0.168 e. The van der Waals surface area contributed by atoms with Crippen LogP contribution >= 0.6 is 11.6 Å². The Kier molecular flexibility index (Phi) is 4.61. The topological polar surface area (TPSA) is 34.9 Å². The number of hydrogen-bond donors (Lipinski definition) is 0. The number of hydrogen-bond acceptors (Lipinski definition) is 2. The minimum absolute atomic E-state index is 0.0767. The second-order valence-corrected chi connectivity index (χ2v) is 5.35. The minimum atomic E-state index is 0.0767. The number of halogens is 1. The monoisotopic (exact) mass is 290 g/mol. The van der Waals surface area contributed by atoms with E-state index in [0.717, 1.165) is 29.9 Å². The zero-order valence-corrected chi connectivity index (χ0v) is 12.9. The predicted octanol–water partition coefficient (Wildman–Crippen LogP) is 3.85. The number of Topliss-reactive ketones (excluding diaryl/α,β-unsaturated/α-hetero) is 1. The van der Waals surface area contributed by atoms with Gasteiger partial charge in [0.15, 0.2) is 5.78 Å². The van der Waals surface area contributed by atoms with E-state index in [0.29, 0.717) is 17.0 Å². The first kappa shape index (κ1) is 14.8. The molecule has 1 aromatic heterocycles. The molecule has 0 aliphatic heterocycles. The Morgan fingerprint density at radius 2 is 2.00 bits per heavy atom. The van der Waals surface area contributed by atoms with Crippen LogP contribution in [-0.2, 0) is 19.4 Å². The highest BCUT2D eigenvalue weighted by atomic mass is 35.5. The van der Waals surface area contributed by atoms with Crippen LogP contribution in [0.4, 0.5) is 0 Å². The van der Waals surface area contributed by atoms with E-state index in [2.05, 4.69) is 12.0 Å². The quantitative estimate of drug-likeness (QED) is 0.784. The number of aryl methyl sites for hydroxylation is 3. The summed E-state index contributed by atoms with van der Waals surface area (Å²) >= 11 is 6.01. The Bertz CT molecular complexity index is 611. The molecule has 0 saturated heterocycles. The molecule has 1 heterocycles. The Labute approximate surface area is 124 Å². The third-order valence-corrected chi connectivity index (χ3v) is 3.50. The van der Waals surface area contributed by atoms with Crippen LogP contribution in [0.15, 0.2) is 24.3 Å². The van der Waals surface area contributed by atoms with Gasteiger partial charge < -0.3 is 0 Å². The highest BCUT2D eigenvalue weighted by Gasteiger charge is 2.13. The molecule has 0 unspecified atom stereocenters. The third-order valence-electron chi connectivity index (χ3n) is 3.28. The lowest BCUT2D eigenvalue weighted by Gasteiger charge is -2.05. The van der Waals surface area contributed by atoms with E-state index in [-0.39, 0.29) is 5.78 Å². The molecule has 4 heteroatoms. The second kappa shape index (κ2) is 6.23. The summed E-state index contributed by atoms with van der Waals surface area (Å²) in [5.41, 5.74) is 3.65. The molecule has 0 saturated carbocycles. The van der Waals surface area contributed by atoms with Gasteiger partial charge in [-0.2, -0.15) is 5.10 Å². The van der Waals surface area contributed by atoms with Crippen molar-refractivity contribution >= 4 is 17.4 Å². The van der Waals surface area contributed by atoms with Crippen LogP contribution in [0.2, 0.25) is 5.02 Å². The summed E-state index contributed by atoms with van der Waals surface area (Å²) < 4.78 is 1.90. The highest BCUT2D eigenvalue weighted by molar-refractivity contribution is 6.31. The molecule has 3 nitrogen and oxygen atoms in total. The lowest BCUT2D eigenvalue weighted by atomic mass is 10.0. The number of rotatable bonds is 5. The summed E-state index contributed by atoms with van der Waals surface area (Å²) in [4.78, 5) is 12.4. The Morgan fingerprint density at radius 1 is 1.25 bits per heavy atom. The standard InChI is InChI=1S/C16H19ClN2O/c1-4-14-9-15(19(5-2)18-14)10-16(20)12-6-11(3)7-13(17)8-12/h6-9H,4-5,10H2,1-3H3. The Balaban J connectivity index is 2.25. The van der Waals surface area contributed by atoms with Gasteiger partial charge in [-0.25, -0.2) is 0 Å². The molecular formula is C16H19ClN2O. The molecule has 0 N–H and O–H groups in total. The van der Waals surface area contributed by atoms with Crippen molar-refractivity contribution in [1.82, 2.24) is 9.78 Å². The van der Waals surface area contributed by atoms with Crippen LogP contribution < -0.4 is 0 Å². The predicted molar refractivity (Wildman–Crippen MR) is 81.5 cm³/mol. The molecule has 2 rings (SSSR count). The maximum atomic E-state index is 12.4. The number of ketones is 1. The van der Waals surface area contributed by atoms with Gasteiger partial charge in [-0.3, -0.25) is 9.48 Å². The van der Waals surface area contributed by atoms with Crippen LogP contribution in [0.5, 0.6) is 0 Å². The number of carbonyl (C=O) groups excluding carboxylic acids is 1. The van der Waals surface area contributed by atoms with Crippen molar-refractivity contribution in [3.63, 3.8) is 0 Å². The molecule has 0 spiro atoms. The largest absolute Gasteiger partial charge is 0.294 e. The second-order valence-electron chi connectivity index (χ2n) is 4.91. The van der Waals surface area contributed by atoms with E-state index in [1.165, 1.54) is 0 Å². The number of nitrogens with zero attached hydrogens (tertiary/aromatic N) is 2. The SMILES string of the molecule is CCc1cc(CC(=O)c2cc(C)cc(Cl)c2)n(CC)n1. The molecule has 0 aliphatic rings. The van der Waals surface area contributed by atoms with E-state index >= 15 is 0 Å². The van der Waals surface area contributed by atoms with Gasteiger partial charge >= 0.3 is 0 Å². The van der Waals surface area contributed by atoms with Gasteiger partial charge in [-0.05, 0) is 50.1 Å². The van der Waals surface area contributed by atoms with Gasteiger partial charge in [0.05, 0.1) is 12.1 Å². The molecule has 0 fully saturated rings. The summed E-state index contributed by atoms with van der Waals surface area (Å²) in [5.74, 6) is 0.0767. The molecule has 0 amide bonds. The lowest BCUT2D eigenvalue weighted by Crippen LogP contribution is -2.10.